The summed E-state index contributed by atoms with van der Waals surface area (Å²) in [6.45, 7) is 3.08. The van der Waals surface area contributed by atoms with Gasteiger partial charge in [0.05, 0.1) is 29.3 Å². The van der Waals surface area contributed by atoms with Gasteiger partial charge in [0.2, 0.25) is 15.9 Å². The highest BCUT2D eigenvalue weighted by atomic mass is 32.2. The molecule has 0 aromatic heterocycles. The van der Waals surface area contributed by atoms with E-state index in [1.807, 2.05) is 0 Å². The van der Waals surface area contributed by atoms with E-state index in [0.29, 0.717) is 12.4 Å². The molecule has 29 heavy (non-hydrogen) atoms. The molecule has 2 aromatic carbocycles. The van der Waals surface area contributed by atoms with E-state index in [0.717, 1.165) is 16.4 Å². The number of rotatable bonds is 8. The molecule has 0 atom stereocenters. The van der Waals surface area contributed by atoms with Crippen LogP contribution < -0.4 is 10.1 Å². The maximum atomic E-state index is 13.1. The van der Waals surface area contributed by atoms with Gasteiger partial charge in [-0.3, -0.25) is 4.79 Å². The van der Waals surface area contributed by atoms with Gasteiger partial charge in [0.1, 0.15) is 5.75 Å². The number of nitrogens with zero attached hydrogens (tertiary/aromatic N) is 1. The number of para-hydroxylation sites is 1. The van der Waals surface area contributed by atoms with Crippen molar-refractivity contribution >= 4 is 21.6 Å². The third kappa shape index (κ3) is 5.70. The zero-order valence-corrected chi connectivity index (χ0v) is 16.7. The highest BCUT2D eigenvalue weighted by molar-refractivity contribution is 7.89. The SMILES string of the molecule is CCOc1ccc(S(=O)(=O)N(CC)CC(=O)Nc2ccccc2C(F)(F)F)cc1. The van der Waals surface area contributed by atoms with Crippen molar-refractivity contribution in [3.05, 3.63) is 54.1 Å². The van der Waals surface area contributed by atoms with Crippen molar-refractivity contribution < 1.29 is 31.1 Å². The molecule has 0 fully saturated rings. The van der Waals surface area contributed by atoms with E-state index < -0.39 is 39.9 Å². The zero-order valence-electron chi connectivity index (χ0n) is 15.9. The number of halogens is 3. The molecule has 0 radical (unpaired) electrons. The summed E-state index contributed by atoms with van der Waals surface area (Å²) in [7, 11) is -4.01. The minimum Gasteiger partial charge on any atom is -0.494 e. The second-order valence-electron chi connectivity index (χ2n) is 5.93. The highest BCUT2D eigenvalue weighted by Gasteiger charge is 2.34. The van der Waals surface area contributed by atoms with Gasteiger partial charge in [0.15, 0.2) is 0 Å². The van der Waals surface area contributed by atoms with Crippen LogP contribution in [-0.2, 0) is 21.0 Å². The van der Waals surface area contributed by atoms with Gasteiger partial charge in [-0.15, -0.1) is 0 Å². The first kappa shape index (κ1) is 22.7. The highest BCUT2D eigenvalue weighted by Crippen LogP contribution is 2.34. The molecule has 0 aliphatic heterocycles. The molecule has 0 saturated carbocycles. The standard InChI is InChI=1S/C19H21F3N2O4S/c1-3-24(29(26,27)15-11-9-14(10-12-15)28-4-2)13-18(25)23-17-8-6-5-7-16(17)19(20,21)22/h5-12H,3-4,13H2,1-2H3,(H,23,25). The Morgan fingerprint density at radius 3 is 2.24 bits per heavy atom. The van der Waals surface area contributed by atoms with Gasteiger partial charge < -0.3 is 10.1 Å². The minimum atomic E-state index is -4.65. The number of ether oxygens (including phenoxy) is 1. The van der Waals surface area contributed by atoms with E-state index in [4.69, 9.17) is 4.74 Å². The summed E-state index contributed by atoms with van der Waals surface area (Å²) in [5.41, 5.74) is -1.44. The number of nitrogens with one attached hydrogen (secondary N) is 1. The van der Waals surface area contributed by atoms with E-state index in [-0.39, 0.29) is 11.4 Å². The number of alkyl halides is 3. The molecule has 6 nitrogen and oxygen atoms in total. The molecule has 0 aliphatic rings. The zero-order chi connectivity index (χ0) is 21.7. The smallest absolute Gasteiger partial charge is 0.418 e. The van der Waals surface area contributed by atoms with E-state index in [9.17, 15) is 26.4 Å². The number of carbonyl (C=O) groups is 1. The second kappa shape index (κ2) is 9.27. The van der Waals surface area contributed by atoms with Crippen LogP contribution in [0, 0.1) is 0 Å². The van der Waals surface area contributed by atoms with Crippen molar-refractivity contribution in [1.82, 2.24) is 4.31 Å². The first-order chi connectivity index (χ1) is 13.6. The third-order valence-electron chi connectivity index (χ3n) is 3.95. The Morgan fingerprint density at radius 1 is 1.07 bits per heavy atom. The molecular formula is C19H21F3N2O4S. The summed E-state index contributed by atoms with van der Waals surface area (Å²) in [6, 6.07) is 10.2. The Kier molecular flexibility index (Phi) is 7.26. The van der Waals surface area contributed by atoms with E-state index in [1.165, 1.54) is 43.3 Å². The van der Waals surface area contributed by atoms with Crippen LogP contribution in [0.15, 0.2) is 53.4 Å². The summed E-state index contributed by atoms with van der Waals surface area (Å²) in [6.07, 6.45) is -4.65. The first-order valence-corrected chi connectivity index (χ1v) is 10.2. The lowest BCUT2D eigenvalue weighted by Crippen LogP contribution is -2.38. The van der Waals surface area contributed by atoms with Gasteiger partial charge in [-0.1, -0.05) is 19.1 Å². The lowest BCUT2D eigenvalue weighted by molar-refractivity contribution is -0.137. The number of hydrogen-bond acceptors (Lipinski definition) is 4. The van der Waals surface area contributed by atoms with Crippen LogP contribution in [0.5, 0.6) is 5.75 Å². The van der Waals surface area contributed by atoms with Crippen LogP contribution in [0.4, 0.5) is 18.9 Å². The fourth-order valence-electron chi connectivity index (χ4n) is 2.58. The molecule has 158 valence electrons. The third-order valence-corrected chi connectivity index (χ3v) is 5.89. The van der Waals surface area contributed by atoms with Crippen molar-refractivity contribution in [2.24, 2.45) is 0 Å². The molecule has 10 heteroatoms. The number of sulfonamides is 1. The Morgan fingerprint density at radius 2 is 1.69 bits per heavy atom. The summed E-state index contributed by atoms with van der Waals surface area (Å²) in [5, 5.41) is 2.15. The lowest BCUT2D eigenvalue weighted by Gasteiger charge is -2.21. The summed E-state index contributed by atoms with van der Waals surface area (Å²) in [4.78, 5) is 12.2. The van der Waals surface area contributed by atoms with Crippen LogP contribution in [0.3, 0.4) is 0 Å². The predicted octanol–water partition coefficient (Wildman–Crippen LogP) is 3.75. The van der Waals surface area contributed by atoms with Gasteiger partial charge >= 0.3 is 6.18 Å². The molecule has 0 saturated heterocycles. The Balaban J connectivity index is 2.18. The number of amides is 1. The fourth-order valence-corrected chi connectivity index (χ4v) is 3.98. The Bertz CT molecular complexity index is 945. The molecule has 1 amide bonds. The molecular weight excluding hydrogens is 409 g/mol. The van der Waals surface area contributed by atoms with Crippen LogP contribution in [0.25, 0.3) is 0 Å². The van der Waals surface area contributed by atoms with Gasteiger partial charge in [-0.05, 0) is 43.3 Å². The topological polar surface area (TPSA) is 75.7 Å². The maximum Gasteiger partial charge on any atom is 0.418 e. The van der Waals surface area contributed by atoms with E-state index in [1.54, 1.807) is 6.92 Å². The molecule has 0 spiro atoms. The molecule has 0 unspecified atom stereocenters. The van der Waals surface area contributed by atoms with Gasteiger partial charge in [0, 0.05) is 6.54 Å². The number of benzene rings is 2. The summed E-state index contributed by atoms with van der Waals surface area (Å²) < 4.78 is 70.9. The maximum absolute atomic E-state index is 13.1. The summed E-state index contributed by atoms with van der Waals surface area (Å²) in [5.74, 6) is -0.380. The molecule has 2 aromatic rings. The Labute approximate surface area is 167 Å². The average Bonchev–Trinajstić information content (AvgIpc) is 2.66. The summed E-state index contributed by atoms with van der Waals surface area (Å²) >= 11 is 0. The van der Waals surface area contributed by atoms with Crippen molar-refractivity contribution in [2.75, 3.05) is 25.0 Å². The number of anilines is 1. The van der Waals surface area contributed by atoms with Gasteiger partial charge in [-0.25, -0.2) is 8.42 Å². The average molecular weight is 430 g/mol. The van der Waals surface area contributed by atoms with Crippen molar-refractivity contribution in [3.63, 3.8) is 0 Å². The van der Waals surface area contributed by atoms with E-state index >= 15 is 0 Å². The van der Waals surface area contributed by atoms with Gasteiger partial charge in [-0.2, -0.15) is 17.5 Å². The van der Waals surface area contributed by atoms with Crippen LogP contribution >= 0.6 is 0 Å². The fraction of sp³-hybridized carbons (Fsp3) is 0.316. The van der Waals surface area contributed by atoms with Gasteiger partial charge in [0.25, 0.3) is 0 Å². The molecule has 1 N–H and O–H groups in total. The van der Waals surface area contributed by atoms with Crippen LogP contribution in [0.1, 0.15) is 19.4 Å². The second-order valence-corrected chi connectivity index (χ2v) is 7.87. The lowest BCUT2D eigenvalue weighted by atomic mass is 10.1. The van der Waals surface area contributed by atoms with Crippen molar-refractivity contribution in [3.8, 4) is 5.75 Å². The normalized spacial score (nSPS) is 12.1. The Hall–Kier alpha value is -2.59. The minimum absolute atomic E-state index is 0.0378. The quantitative estimate of drug-likeness (QED) is 0.692. The van der Waals surface area contributed by atoms with Crippen molar-refractivity contribution in [1.29, 1.82) is 0 Å². The molecule has 0 bridgehead atoms. The first-order valence-electron chi connectivity index (χ1n) is 8.78. The number of carbonyl (C=O) groups excluding carboxylic acids is 1. The largest absolute Gasteiger partial charge is 0.494 e. The number of hydrogen-bond donors (Lipinski definition) is 1. The molecule has 0 aliphatic carbocycles. The van der Waals surface area contributed by atoms with Crippen LogP contribution in [-0.4, -0.2) is 38.3 Å². The predicted molar refractivity (Wildman–Crippen MR) is 102 cm³/mol. The van der Waals surface area contributed by atoms with E-state index in [2.05, 4.69) is 5.32 Å². The van der Waals surface area contributed by atoms with Crippen molar-refractivity contribution in [2.45, 2.75) is 24.9 Å². The van der Waals surface area contributed by atoms with Crippen LogP contribution in [0.2, 0.25) is 0 Å². The monoisotopic (exact) mass is 430 g/mol. The molecule has 2 rings (SSSR count). The molecule has 0 heterocycles. The number of likely N-dealkylation sites (N-methyl/N-ethyl adjacent to an activating group) is 1.